The van der Waals surface area contributed by atoms with Crippen LogP contribution in [0.4, 0.5) is 5.69 Å². The normalized spacial score (nSPS) is 16.7. The summed E-state index contributed by atoms with van der Waals surface area (Å²) in [4.78, 5) is 37.6. The fourth-order valence-electron chi connectivity index (χ4n) is 2.99. The van der Waals surface area contributed by atoms with Gasteiger partial charge in [-0.2, -0.15) is 0 Å². The Balaban J connectivity index is 1.67. The first kappa shape index (κ1) is 18.4. The van der Waals surface area contributed by atoms with Crippen LogP contribution in [0.15, 0.2) is 54.6 Å². The topological polar surface area (TPSA) is 95.9 Å². The van der Waals surface area contributed by atoms with Gasteiger partial charge in [0.1, 0.15) is 11.8 Å². The SMILES string of the molecule is O=C(O)COc1cccc(C(=O)NC2CCCN(c3ccccc3)C2=O)c1. The Labute approximate surface area is 156 Å². The van der Waals surface area contributed by atoms with E-state index in [1.165, 1.54) is 6.07 Å². The first-order valence-corrected chi connectivity index (χ1v) is 8.66. The maximum absolute atomic E-state index is 12.8. The molecule has 2 amide bonds. The molecule has 7 heteroatoms. The summed E-state index contributed by atoms with van der Waals surface area (Å²) in [6.45, 7) is 0.131. The lowest BCUT2D eigenvalue weighted by Crippen LogP contribution is -2.52. The largest absolute Gasteiger partial charge is 0.482 e. The number of rotatable bonds is 6. The van der Waals surface area contributed by atoms with E-state index in [2.05, 4.69) is 5.32 Å². The van der Waals surface area contributed by atoms with Gasteiger partial charge in [0.25, 0.3) is 5.91 Å². The van der Waals surface area contributed by atoms with Crippen molar-refractivity contribution in [1.29, 1.82) is 0 Å². The van der Waals surface area contributed by atoms with Gasteiger partial charge in [-0.3, -0.25) is 9.59 Å². The number of nitrogens with zero attached hydrogens (tertiary/aromatic N) is 1. The van der Waals surface area contributed by atoms with Crippen LogP contribution >= 0.6 is 0 Å². The van der Waals surface area contributed by atoms with Gasteiger partial charge in [0.15, 0.2) is 6.61 Å². The lowest BCUT2D eigenvalue weighted by atomic mass is 10.0. The van der Waals surface area contributed by atoms with Crippen LogP contribution < -0.4 is 15.0 Å². The third-order valence-corrected chi connectivity index (χ3v) is 4.27. The minimum Gasteiger partial charge on any atom is -0.482 e. The van der Waals surface area contributed by atoms with Crippen LogP contribution in [-0.4, -0.2) is 42.1 Å². The molecule has 0 radical (unpaired) electrons. The first-order valence-electron chi connectivity index (χ1n) is 8.66. The van der Waals surface area contributed by atoms with Gasteiger partial charge in [-0.15, -0.1) is 0 Å². The molecule has 0 aliphatic carbocycles. The van der Waals surface area contributed by atoms with Crippen molar-refractivity contribution in [2.75, 3.05) is 18.1 Å². The summed E-state index contributed by atoms with van der Waals surface area (Å²) in [5.41, 5.74) is 1.12. The van der Waals surface area contributed by atoms with Crippen molar-refractivity contribution >= 4 is 23.5 Å². The molecule has 2 aromatic carbocycles. The van der Waals surface area contributed by atoms with Gasteiger partial charge in [-0.25, -0.2) is 4.79 Å². The minimum atomic E-state index is -1.10. The number of hydrogen-bond acceptors (Lipinski definition) is 4. The van der Waals surface area contributed by atoms with E-state index in [-0.39, 0.29) is 11.7 Å². The van der Waals surface area contributed by atoms with Crippen LogP contribution in [0.25, 0.3) is 0 Å². The van der Waals surface area contributed by atoms with E-state index in [0.717, 1.165) is 12.1 Å². The molecule has 7 nitrogen and oxygen atoms in total. The van der Waals surface area contributed by atoms with Crippen molar-refractivity contribution in [2.24, 2.45) is 0 Å². The maximum Gasteiger partial charge on any atom is 0.341 e. The molecule has 1 aliphatic rings. The molecule has 1 aliphatic heterocycles. The smallest absolute Gasteiger partial charge is 0.341 e. The van der Waals surface area contributed by atoms with E-state index in [9.17, 15) is 14.4 Å². The molecule has 1 fully saturated rings. The number of nitrogens with one attached hydrogen (secondary N) is 1. The summed E-state index contributed by atoms with van der Waals surface area (Å²) in [7, 11) is 0. The summed E-state index contributed by atoms with van der Waals surface area (Å²) in [5.74, 6) is -1.35. The molecule has 140 valence electrons. The van der Waals surface area contributed by atoms with Crippen LogP contribution in [0.5, 0.6) is 5.75 Å². The highest BCUT2D eigenvalue weighted by molar-refractivity contribution is 6.02. The lowest BCUT2D eigenvalue weighted by molar-refractivity contribution is -0.139. The van der Waals surface area contributed by atoms with Crippen molar-refractivity contribution in [3.05, 3.63) is 60.2 Å². The van der Waals surface area contributed by atoms with Gasteiger partial charge in [-0.1, -0.05) is 24.3 Å². The van der Waals surface area contributed by atoms with E-state index in [1.807, 2.05) is 30.3 Å². The molecule has 2 N–H and O–H groups in total. The number of para-hydroxylation sites is 1. The Kier molecular flexibility index (Phi) is 5.71. The predicted octanol–water partition coefficient (Wildman–Crippen LogP) is 2.08. The number of carbonyl (C=O) groups is 3. The molecule has 1 saturated heterocycles. The Morgan fingerprint density at radius 2 is 1.93 bits per heavy atom. The van der Waals surface area contributed by atoms with Crippen molar-refractivity contribution in [3.8, 4) is 5.75 Å². The van der Waals surface area contributed by atoms with E-state index in [1.54, 1.807) is 23.1 Å². The van der Waals surface area contributed by atoms with Gasteiger partial charge in [0.2, 0.25) is 5.91 Å². The van der Waals surface area contributed by atoms with E-state index in [0.29, 0.717) is 18.5 Å². The van der Waals surface area contributed by atoms with Gasteiger partial charge < -0.3 is 20.1 Å². The third kappa shape index (κ3) is 4.63. The van der Waals surface area contributed by atoms with E-state index in [4.69, 9.17) is 9.84 Å². The Morgan fingerprint density at radius 3 is 2.67 bits per heavy atom. The molecule has 1 unspecified atom stereocenters. The number of amides is 2. The van der Waals surface area contributed by atoms with Crippen molar-refractivity contribution < 1.29 is 24.2 Å². The molecule has 1 heterocycles. The third-order valence-electron chi connectivity index (χ3n) is 4.27. The second-order valence-corrected chi connectivity index (χ2v) is 6.20. The molecule has 0 spiro atoms. The monoisotopic (exact) mass is 368 g/mol. The van der Waals surface area contributed by atoms with Crippen LogP contribution in [-0.2, 0) is 9.59 Å². The number of benzene rings is 2. The summed E-state index contributed by atoms with van der Waals surface area (Å²) in [5, 5.41) is 11.4. The Morgan fingerprint density at radius 1 is 1.15 bits per heavy atom. The average molecular weight is 368 g/mol. The zero-order valence-electron chi connectivity index (χ0n) is 14.6. The van der Waals surface area contributed by atoms with Gasteiger partial charge in [0, 0.05) is 17.8 Å². The predicted molar refractivity (Wildman–Crippen MR) is 98.9 cm³/mol. The molecular formula is C20H20N2O5. The summed E-state index contributed by atoms with van der Waals surface area (Å²) < 4.78 is 5.09. The number of carboxylic acids is 1. The molecule has 1 atom stereocenters. The Bertz CT molecular complexity index is 837. The summed E-state index contributed by atoms with van der Waals surface area (Å²) >= 11 is 0. The Hall–Kier alpha value is -3.35. The number of carbonyl (C=O) groups excluding carboxylic acids is 2. The fourth-order valence-corrected chi connectivity index (χ4v) is 2.99. The van der Waals surface area contributed by atoms with Gasteiger partial charge in [0.05, 0.1) is 0 Å². The quantitative estimate of drug-likeness (QED) is 0.814. The summed E-state index contributed by atoms with van der Waals surface area (Å²) in [6.07, 6.45) is 1.36. The average Bonchev–Trinajstić information content (AvgIpc) is 2.69. The van der Waals surface area contributed by atoms with Crippen LogP contribution in [0, 0.1) is 0 Å². The number of piperidine rings is 1. The molecule has 2 aromatic rings. The number of carboxylic acid groups (broad SMARTS) is 1. The highest BCUT2D eigenvalue weighted by Gasteiger charge is 2.30. The molecule has 0 bridgehead atoms. The first-order chi connectivity index (χ1) is 13.0. The van der Waals surface area contributed by atoms with Crippen LogP contribution in [0.2, 0.25) is 0 Å². The maximum atomic E-state index is 12.8. The van der Waals surface area contributed by atoms with Gasteiger partial charge in [-0.05, 0) is 43.2 Å². The number of hydrogen-bond donors (Lipinski definition) is 2. The highest BCUT2D eigenvalue weighted by atomic mass is 16.5. The number of ether oxygens (including phenoxy) is 1. The standard InChI is InChI=1S/C20H20N2O5/c23-18(24)13-27-16-9-4-6-14(12-16)19(25)21-17-10-5-11-22(20(17)26)15-7-2-1-3-8-15/h1-4,6-9,12,17H,5,10-11,13H2,(H,21,25)(H,23,24). The van der Waals surface area contributed by atoms with Crippen LogP contribution in [0.1, 0.15) is 23.2 Å². The second kappa shape index (κ2) is 8.35. The van der Waals surface area contributed by atoms with Crippen molar-refractivity contribution in [3.63, 3.8) is 0 Å². The fraction of sp³-hybridized carbons (Fsp3) is 0.250. The minimum absolute atomic E-state index is 0.140. The molecule has 27 heavy (non-hydrogen) atoms. The molecule has 0 saturated carbocycles. The molecule has 0 aromatic heterocycles. The zero-order valence-corrected chi connectivity index (χ0v) is 14.6. The highest BCUT2D eigenvalue weighted by Crippen LogP contribution is 2.21. The van der Waals surface area contributed by atoms with E-state index < -0.39 is 24.5 Å². The van der Waals surface area contributed by atoms with Gasteiger partial charge >= 0.3 is 5.97 Å². The van der Waals surface area contributed by atoms with Crippen molar-refractivity contribution in [1.82, 2.24) is 5.32 Å². The molecular weight excluding hydrogens is 348 g/mol. The second-order valence-electron chi connectivity index (χ2n) is 6.20. The lowest BCUT2D eigenvalue weighted by Gasteiger charge is -2.32. The van der Waals surface area contributed by atoms with Crippen LogP contribution in [0.3, 0.4) is 0 Å². The zero-order chi connectivity index (χ0) is 19.2. The number of aliphatic carboxylic acids is 1. The van der Waals surface area contributed by atoms with Crippen molar-refractivity contribution in [2.45, 2.75) is 18.9 Å². The van der Waals surface area contributed by atoms with E-state index >= 15 is 0 Å². The summed E-state index contributed by atoms with van der Waals surface area (Å²) in [6, 6.07) is 15.0. The number of anilines is 1. The molecule has 3 rings (SSSR count).